The fourth-order valence-electron chi connectivity index (χ4n) is 2.26. The number of amides is 1. The molecule has 2 N–H and O–H groups in total. The zero-order chi connectivity index (χ0) is 14.5. The zero-order valence-corrected chi connectivity index (χ0v) is 12.4. The molecule has 0 aliphatic carbocycles. The Morgan fingerprint density at radius 2 is 2.00 bits per heavy atom. The molecule has 19 heavy (non-hydrogen) atoms. The van der Waals surface area contributed by atoms with Crippen molar-refractivity contribution in [2.45, 2.75) is 39.2 Å². The van der Waals surface area contributed by atoms with E-state index in [0.717, 1.165) is 12.8 Å². The number of carbonyl (C=O) groups is 1. The standard InChI is InChI=1S/C12H24N2O4S/c1-3-8-19(17,18)13-10(2)12(16)14-6-4-11(9-15)5-7-14/h10-11,13,15H,3-9H2,1-2H3. The highest BCUT2D eigenvalue weighted by atomic mass is 32.2. The molecule has 7 heteroatoms. The van der Waals surface area contributed by atoms with Crippen molar-refractivity contribution >= 4 is 15.9 Å². The molecule has 1 amide bonds. The summed E-state index contributed by atoms with van der Waals surface area (Å²) in [4.78, 5) is 13.8. The molecular formula is C12H24N2O4S. The summed E-state index contributed by atoms with van der Waals surface area (Å²) < 4.78 is 25.6. The fraction of sp³-hybridized carbons (Fsp3) is 0.917. The van der Waals surface area contributed by atoms with Crippen LogP contribution in [0.2, 0.25) is 0 Å². The Morgan fingerprint density at radius 1 is 1.42 bits per heavy atom. The van der Waals surface area contributed by atoms with Crippen LogP contribution in [0.25, 0.3) is 0 Å². The number of piperidine rings is 1. The molecule has 0 aromatic carbocycles. The molecule has 0 bridgehead atoms. The van der Waals surface area contributed by atoms with E-state index >= 15 is 0 Å². The third-order valence-corrected chi connectivity index (χ3v) is 5.04. The second-order valence-corrected chi connectivity index (χ2v) is 6.98. The van der Waals surface area contributed by atoms with Crippen LogP contribution < -0.4 is 4.72 Å². The predicted molar refractivity (Wildman–Crippen MR) is 73.1 cm³/mol. The van der Waals surface area contributed by atoms with Crippen LogP contribution in [0, 0.1) is 5.92 Å². The summed E-state index contributed by atoms with van der Waals surface area (Å²) in [6, 6.07) is -0.720. The van der Waals surface area contributed by atoms with Crippen LogP contribution in [0.15, 0.2) is 0 Å². The number of hydrogen-bond donors (Lipinski definition) is 2. The Balaban J connectivity index is 2.49. The van der Waals surface area contributed by atoms with Gasteiger partial charge in [0.2, 0.25) is 15.9 Å². The van der Waals surface area contributed by atoms with Gasteiger partial charge in [-0.2, -0.15) is 0 Å². The maximum Gasteiger partial charge on any atom is 0.240 e. The maximum atomic E-state index is 12.1. The number of nitrogens with one attached hydrogen (secondary N) is 1. The SMILES string of the molecule is CCCS(=O)(=O)NC(C)C(=O)N1CCC(CO)CC1. The van der Waals surface area contributed by atoms with Crippen molar-refractivity contribution in [3.8, 4) is 0 Å². The lowest BCUT2D eigenvalue weighted by Gasteiger charge is -2.32. The van der Waals surface area contributed by atoms with Crippen LogP contribution in [0.4, 0.5) is 0 Å². The topological polar surface area (TPSA) is 86.7 Å². The predicted octanol–water partition coefficient (Wildman–Crippen LogP) is -0.0648. The highest BCUT2D eigenvalue weighted by Crippen LogP contribution is 2.17. The Labute approximate surface area is 115 Å². The van der Waals surface area contributed by atoms with Gasteiger partial charge in [0.1, 0.15) is 0 Å². The molecule has 1 unspecified atom stereocenters. The molecule has 1 saturated heterocycles. The van der Waals surface area contributed by atoms with Gasteiger partial charge in [0.15, 0.2) is 0 Å². The molecule has 6 nitrogen and oxygen atoms in total. The average molecular weight is 292 g/mol. The molecule has 0 aromatic heterocycles. The monoisotopic (exact) mass is 292 g/mol. The number of carbonyl (C=O) groups excluding carboxylic acids is 1. The first kappa shape index (κ1) is 16.4. The van der Waals surface area contributed by atoms with Gasteiger partial charge in [-0.25, -0.2) is 13.1 Å². The van der Waals surface area contributed by atoms with Gasteiger partial charge in [-0.3, -0.25) is 4.79 Å². The lowest BCUT2D eigenvalue weighted by atomic mass is 9.97. The van der Waals surface area contributed by atoms with Gasteiger partial charge in [0.25, 0.3) is 0 Å². The van der Waals surface area contributed by atoms with Gasteiger partial charge in [-0.1, -0.05) is 6.92 Å². The van der Waals surface area contributed by atoms with Crippen molar-refractivity contribution in [3.63, 3.8) is 0 Å². The van der Waals surface area contributed by atoms with Crippen LogP contribution in [0.1, 0.15) is 33.1 Å². The highest BCUT2D eigenvalue weighted by Gasteiger charge is 2.27. The van der Waals surface area contributed by atoms with Crippen LogP contribution in [-0.2, 0) is 14.8 Å². The molecule has 1 atom stereocenters. The number of hydrogen-bond acceptors (Lipinski definition) is 4. The number of aliphatic hydroxyl groups excluding tert-OH is 1. The minimum atomic E-state index is -3.37. The van der Waals surface area contributed by atoms with E-state index in [0.29, 0.717) is 19.5 Å². The van der Waals surface area contributed by atoms with Crippen LogP contribution >= 0.6 is 0 Å². The summed E-state index contributed by atoms with van der Waals surface area (Å²) in [6.45, 7) is 4.69. The Hall–Kier alpha value is -0.660. The van der Waals surface area contributed by atoms with Gasteiger partial charge in [0, 0.05) is 19.7 Å². The molecule has 0 radical (unpaired) electrons. The second kappa shape index (κ2) is 7.21. The highest BCUT2D eigenvalue weighted by molar-refractivity contribution is 7.89. The minimum absolute atomic E-state index is 0.0389. The van der Waals surface area contributed by atoms with E-state index in [9.17, 15) is 13.2 Å². The molecule has 112 valence electrons. The Kier molecular flexibility index (Phi) is 6.22. The van der Waals surface area contributed by atoms with E-state index in [2.05, 4.69) is 4.72 Å². The molecule has 1 aliphatic rings. The van der Waals surface area contributed by atoms with Crippen molar-refractivity contribution < 1.29 is 18.3 Å². The van der Waals surface area contributed by atoms with Gasteiger partial charge >= 0.3 is 0 Å². The van der Waals surface area contributed by atoms with Crippen LogP contribution in [0.5, 0.6) is 0 Å². The lowest BCUT2D eigenvalue weighted by Crippen LogP contribution is -2.49. The van der Waals surface area contributed by atoms with Crippen molar-refractivity contribution in [1.82, 2.24) is 9.62 Å². The average Bonchev–Trinajstić information content (AvgIpc) is 2.37. The van der Waals surface area contributed by atoms with E-state index in [4.69, 9.17) is 5.11 Å². The summed E-state index contributed by atoms with van der Waals surface area (Å²) in [5, 5.41) is 9.04. The van der Waals surface area contributed by atoms with Crippen molar-refractivity contribution in [2.75, 3.05) is 25.4 Å². The normalized spacial score (nSPS) is 19.4. The van der Waals surface area contributed by atoms with Gasteiger partial charge in [0.05, 0.1) is 11.8 Å². The van der Waals surface area contributed by atoms with E-state index in [1.807, 2.05) is 0 Å². The largest absolute Gasteiger partial charge is 0.396 e. The van der Waals surface area contributed by atoms with Crippen molar-refractivity contribution in [3.05, 3.63) is 0 Å². The van der Waals surface area contributed by atoms with E-state index in [-0.39, 0.29) is 24.2 Å². The first-order chi connectivity index (χ1) is 8.89. The molecular weight excluding hydrogens is 268 g/mol. The van der Waals surface area contributed by atoms with E-state index in [1.165, 1.54) is 0 Å². The smallest absolute Gasteiger partial charge is 0.240 e. The van der Waals surface area contributed by atoms with Crippen LogP contribution in [0.3, 0.4) is 0 Å². The number of rotatable bonds is 6. The summed E-state index contributed by atoms with van der Waals surface area (Å²) in [5.41, 5.74) is 0. The van der Waals surface area contributed by atoms with Gasteiger partial charge in [-0.15, -0.1) is 0 Å². The Bertz CT molecular complexity index is 389. The van der Waals surface area contributed by atoms with E-state index in [1.54, 1.807) is 18.7 Å². The number of sulfonamides is 1. The summed E-state index contributed by atoms with van der Waals surface area (Å²) in [6.07, 6.45) is 2.07. The number of nitrogens with zero attached hydrogens (tertiary/aromatic N) is 1. The first-order valence-electron chi connectivity index (χ1n) is 6.79. The summed E-state index contributed by atoms with van der Waals surface area (Å²) in [5.74, 6) is 0.115. The lowest BCUT2D eigenvalue weighted by molar-refractivity contribution is -0.134. The quantitative estimate of drug-likeness (QED) is 0.718. The molecule has 1 rings (SSSR count). The fourth-order valence-corrected chi connectivity index (χ4v) is 3.55. The van der Waals surface area contributed by atoms with E-state index < -0.39 is 16.1 Å². The first-order valence-corrected chi connectivity index (χ1v) is 8.44. The van der Waals surface area contributed by atoms with Gasteiger partial charge in [-0.05, 0) is 32.1 Å². The molecule has 0 aromatic rings. The molecule has 1 aliphatic heterocycles. The summed E-state index contributed by atoms with van der Waals surface area (Å²) >= 11 is 0. The maximum absolute atomic E-state index is 12.1. The molecule has 0 spiro atoms. The van der Waals surface area contributed by atoms with Gasteiger partial charge < -0.3 is 10.0 Å². The Morgan fingerprint density at radius 3 is 2.47 bits per heavy atom. The second-order valence-electron chi connectivity index (χ2n) is 5.11. The van der Waals surface area contributed by atoms with Crippen molar-refractivity contribution in [1.29, 1.82) is 0 Å². The molecule has 0 saturated carbocycles. The molecule has 1 heterocycles. The third kappa shape index (κ3) is 5.08. The summed E-state index contributed by atoms with van der Waals surface area (Å²) in [7, 11) is -3.37. The number of aliphatic hydroxyl groups is 1. The third-order valence-electron chi connectivity index (χ3n) is 3.38. The van der Waals surface area contributed by atoms with Crippen LogP contribution in [-0.4, -0.2) is 55.8 Å². The minimum Gasteiger partial charge on any atom is -0.396 e. The van der Waals surface area contributed by atoms with Crippen molar-refractivity contribution in [2.24, 2.45) is 5.92 Å². The molecule has 1 fully saturated rings. The zero-order valence-electron chi connectivity index (χ0n) is 11.6. The number of likely N-dealkylation sites (tertiary alicyclic amines) is 1.